The highest BCUT2D eigenvalue weighted by Gasteiger charge is 2.30. The van der Waals surface area contributed by atoms with E-state index in [0.717, 1.165) is 13.2 Å². The van der Waals surface area contributed by atoms with Gasteiger partial charge in [-0.15, -0.1) is 0 Å². The zero-order valence-corrected chi connectivity index (χ0v) is 9.52. The van der Waals surface area contributed by atoms with Crippen LogP contribution in [0.3, 0.4) is 0 Å². The zero-order valence-electron chi connectivity index (χ0n) is 8.70. The molecular weight excluding hydrogens is 198 g/mol. The van der Waals surface area contributed by atoms with Crippen molar-refractivity contribution in [2.24, 2.45) is 0 Å². The summed E-state index contributed by atoms with van der Waals surface area (Å²) in [6.45, 7) is 1.55. The molecule has 2 aliphatic rings. The summed E-state index contributed by atoms with van der Waals surface area (Å²) in [6, 6.07) is 1.07. The average Bonchev–Trinajstić information content (AvgIpc) is 2.67. The number of hydrogen-bond donors (Lipinski definition) is 1. The van der Waals surface area contributed by atoms with Crippen LogP contribution in [0.5, 0.6) is 0 Å². The average molecular weight is 217 g/mol. The third-order valence-corrected chi connectivity index (χ3v) is 4.16. The molecule has 0 spiro atoms. The smallest absolute Gasteiger partial charge is 0.0979 e. The van der Waals surface area contributed by atoms with Gasteiger partial charge in [0.05, 0.1) is 25.4 Å². The topological polar surface area (TPSA) is 30.5 Å². The van der Waals surface area contributed by atoms with Crippen molar-refractivity contribution in [2.45, 2.75) is 31.0 Å². The van der Waals surface area contributed by atoms with E-state index in [0.29, 0.717) is 12.1 Å². The molecule has 2 fully saturated rings. The van der Waals surface area contributed by atoms with Crippen LogP contribution in [0.25, 0.3) is 0 Å². The fourth-order valence-corrected chi connectivity index (χ4v) is 3.18. The molecular formula is C10H19NO2S. The van der Waals surface area contributed by atoms with Crippen LogP contribution in [0.4, 0.5) is 0 Å². The monoisotopic (exact) mass is 217 g/mol. The van der Waals surface area contributed by atoms with Crippen LogP contribution in [-0.4, -0.2) is 50.0 Å². The van der Waals surface area contributed by atoms with Crippen molar-refractivity contribution in [3.63, 3.8) is 0 Å². The van der Waals surface area contributed by atoms with Crippen LogP contribution in [0.2, 0.25) is 0 Å². The van der Waals surface area contributed by atoms with Crippen LogP contribution >= 0.6 is 11.8 Å². The van der Waals surface area contributed by atoms with Crippen LogP contribution in [-0.2, 0) is 9.47 Å². The Bertz CT molecular complexity index is 174. The summed E-state index contributed by atoms with van der Waals surface area (Å²) in [7, 11) is 1.77. The minimum atomic E-state index is 0.252. The second-order valence-corrected chi connectivity index (χ2v) is 5.15. The molecule has 0 aromatic carbocycles. The predicted molar refractivity (Wildman–Crippen MR) is 58.9 cm³/mol. The number of rotatable bonds is 3. The van der Waals surface area contributed by atoms with E-state index in [4.69, 9.17) is 9.47 Å². The number of thioether (sulfide) groups is 1. The molecule has 0 radical (unpaired) electrons. The molecule has 3 nitrogen and oxygen atoms in total. The predicted octanol–water partition coefficient (Wildman–Crippen LogP) is 0.885. The highest BCUT2D eigenvalue weighted by Crippen LogP contribution is 2.19. The molecule has 4 heteroatoms. The van der Waals surface area contributed by atoms with Gasteiger partial charge in [0, 0.05) is 18.9 Å². The molecule has 0 aromatic rings. The third-order valence-electron chi connectivity index (χ3n) is 2.94. The van der Waals surface area contributed by atoms with Gasteiger partial charge >= 0.3 is 0 Å². The lowest BCUT2D eigenvalue weighted by Gasteiger charge is -2.27. The van der Waals surface area contributed by atoms with Gasteiger partial charge in [-0.2, -0.15) is 11.8 Å². The summed E-state index contributed by atoms with van der Waals surface area (Å²) in [5.74, 6) is 2.57. The minimum absolute atomic E-state index is 0.252. The van der Waals surface area contributed by atoms with E-state index >= 15 is 0 Å². The zero-order chi connectivity index (χ0) is 9.80. The first-order valence-electron chi connectivity index (χ1n) is 5.34. The number of methoxy groups -OCH3 is 1. The number of ether oxygens (including phenoxy) is 2. The molecule has 2 saturated heterocycles. The normalized spacial score (nSPS) is 38.8. The standard InChI is InChI=1S/C10H19NO2S/c1-12-10-6-13-5-9(10)11-8-3-2-4-14-7-8/h8-11H,2-7H2,1H3/t8?,9-,10-/m0/s1. The largest absolute Gasteiger partial charge is 0.377 e. The van der Waals surface area contributed by atoms with Gasteiger partial charge in [-0.1, -0.05) is 0 Å². The Morgan fingerprint density at radius 1 is 1.43 bits per heavy atom. The van der Waals surface area contributed by atoms with Crippen molar-refractivity contribution in [2.75, 3.05) is 31.8 Å². The summed E-state index contributed by atoms with van der Waals surface area (Å²) >= 11 is 2.05. The van der Waals surface area contributed by atoms with E-state index in [2.05, 4.69) is 17.1 Å². The van der Waals surface area contributed by atoms with Gasteiger partial charge in [0.25, 0.3) is 0 Å². The molecule has 0 amide bonds. The molecule has 0 aliphatic carbocycles. The fourth-order valence-electron chi connectivity index (χ4n) is 2.10. The van der Waals surface area contributed by atoms with Crippen molar-refractivity contribution < 1.29 is 9.47 Å². The number of nitrogens with one attached hydrogen (secondary N) is 1. The Balaban J connectivity index is 1.77. The molecule has 3 atom stereocenters. The lowest BCUT2D eigenvalue weighted by molar-refractivity contribution is 0.0719. The second kappa shape index (κ2) is 5.35. The maximum atomic E-state index is 5.41. The quantitative estimate of drug-likeness (QED) is 0.760. The molecule has 2 aliphatic heterocycles. The lowest BCUT2D eigenvalue weighted by atomic mass is 10.1. The third kappa shape index (κ3) is 2.63. The fraction of sp³-hybridized carbons (Fsp3) is 1.00. The highest BCUT2D eigenvalue weighted by atomic mass is 32.2. The Hall–Kier alpha value is 0.230. The van der Waals surface area contributed by atoms with E-state index in [1.54, 1.807) is 7.11 Å². The summed E-state index contributed by atoms with van der Waals surface area (Å²) < 4.78 is 10.8. The highest BCUT2D eigenvalue weighted by molar-refractivity contribution is 7.99. The number of hydrogen-bond acceptors (Lipinski definition) is 4. The van der Waals surface area contributed by atoms with Crippen molar-refractivity contribution in [1.29, 1.82) is 0 Å². The van der Waals surface area contributed by atoms with Crippen molar-refractivity contribution in [3.05, 3.63) is 0 Å². The molecule has 14 heavy (non-hydrogen) atoms. The van der Waals surface area contributed by atoms with Gasteiger partial charge in [-0.25, -0.2) is 0 Å². The Morgan fingerprint density at radius 2 is 2.36 bits per heavy atom. The van der Waals surface area contributed by atoms with Crippen LogP contribution in [0.15, 0.2) is 0 Å². The molecule has 0 aromatic heterocycles. The Kier molecular flexibility index (Phi) is 4.10. The van der Waals surface area contributed by atoms with Crippen LogP contribution in [0, 0.1) is 0 Å². The first-order chi connectivity index (χ1) is 6.90. The summed E-state index contributed by atoms with van der Waals surface area (Å²) in [5, 5.41) is 3.65. The van der Waals surface area contributed by atoms with Gasteiger partial charge in [-0.05, 0) is 18.6 Å². The van der Waals surface area contributed by atoms with Gasteiger partial charge in [0.15, 0.2) is 0 Å². The van der Waals surface area contributed by atoms with Gasteiger partial charge < -0.3 is 14.8 Å². The van der Waals surface area contributed by atoms with Crippen molar-refractivity contribution in [3.8, 4) is 0 Å². The lowest BCUT2D eigenvalue weighted by Crippen LogP contribution is -2.47. The van der Waals surface area contributed by atoms with E-state index in [9.17, 15) is 0 Å². The van der Waals surface area contributed by atoms with Gasteiger partial charge in [0.2, 0.25) is 0 Å². The summed E-state index contributed by atoms with van der Waals surface area (Å²) in [6.07, 6.45) is 2.90. The van der Waals surface area contributed by atoms with Crippen molar-refractivity contribution >= 4 is 11.8 Å². The van der Waals surface area contributed by atoms with E-state index in [-0.39, 0.29) is 6.10 Å². The minimum Gasteiger partial charge on any atom is -0.377 e. The first kappa shape index (κ1) is 10.7. The maximum absolute atomic E-state index is 5.41. The van der Waals surface area contributed by atoms with Crippen LogP contribution < -0.4 is 5.32 Å². The molecule has 2 rings (SSSR count). The maximum Gasteiger partial charge on any atom is 0.0979 e. The van der Waals surface area contributed by atoms with Gasteiger partial charge in [0.1, 0.15) is 0 Å². The molecule has 1 unspecified atom stereocenters. The molecule has 1 N–H and O–H groups in total. The van der Waals surface area contributed by atoms with Crippen molar-refractivity contribution in [1.82, 2.24) is 5.32 Å². The summed E-state index contributed by atoms with van der Waals surface area (Å²) in [4.78, 5) is 0. The van der Waals surface area contributed by atoms with E-state index in [1.807, 2.05) is 0 Å². The van der Waals surface area contributed by atoms with Gasteiger partial charge in [-0.3, -0.25) is 0 Å². The first-order valence-corrected chi connectivity index (χ1v) is 6.50. The Morgan fingerprint density at radius 3 is 3.07 bits per heavy atom. The SMILES string of the molecule is CO[C@H]1COC[C@@H]1NC1CCCSC1. The van der Waals surface area contributed by atoms with E-state index < -0.39 is 0 Å². The Labute approximate surface area is 89.9 Å². The second-order valence-electron chi connectivity index (χ2n) is 4.00. The molecule has 0 bridgehead atoms. The molecule has 82 valence electrons. The molecule has 0 saturated carbocycles. The molecule has 2 heterocycles. The van der Waals surface area contributed by atoms with Crippen LogP contribution in [0.1, 0.15) is 12.8 Å². The van der Waals surface area contributed by atoms with E-state index in [1.165, 1.54) is 24.3 Å². The summed E-state index contributed by atoms with van der Waals surface area (Å²) in [5.41, 5.74) is 0.